The van der Waals surface area contributed by atoms with Gasteiger partial charge in [-0.15, -0.1) is 0 Å². The second kappa shape index (κ2) is 9.33. The smallest absolute Gasteiger partial charge is 0.256 e. The molecule has 1 fully saturated rings. The van der Waals surface area contributed by atoms with Crippen molar-refractivity contribution in [1.29, 1.82) is 0 Å². The van der Waals surface area contributed by atoms with E-state index in [0.717, 1.165) is 18.4 Å². The highest BCUT2D eigenvalue weighted by atomic mass is 19.1. The van der Waals surface area contributed by atoms with Crippen LogP contribution in [-0.2, 0) is 23.2 Å². The van der Waals surface area contributed by atoms with Gasteiger partial charge in [-0.3, -0.25) is 9.59 Å². The molecule has 1 saturated carbocycles. The summed E-state index contributed by atoms with van der Waals surface area (Å²) in [6, 6.07) is 22.0. The van der Waals surface area contributed by atoms with Crippen molar-refractivity contribution in [2.45, 2.75) is 44.2 Å². The molecule has 4 aromatic rings. The Hall–Kier alpha value is -4.10. The second-order valence-corrected chi connectivity index (χ2v) is 10.3. The minimum atomic E-state index is -1.40. The van der Waals surface area contributed by atoms with Crippen LogP contribution in [0, 0.1) is 12.7 Å². The zero-order valence-corrected chi connectivity index (χ0v) is 21.1. The topological polar surface area (TPSA) is 86.3 Å². The summed E-state index contributed by atoms with van der Waals surface area (Å²) in [7, 11) is 0. The lowest BCUT2D eigenvalue weighted by Gasteiger charge is -2.30. The molecule has 7 heteroatoms. The van der Waals surface area contributed by atoms with Gasteiger partial charge in [0.2, 0.25) is 0 Å². The molecule has 1 aromatic heterocycles. The minimum Gasteiger partial charge on any atom is -0.378 e. The van der Waals surface area contributed by atoms with E-state index in [9.17, 15) is 19.1 Å². The molecule has 38 heavy (non-hydrogen) atoms. The summed E-state index contributed by atoms with van der Waals surface area (Å²) in [6.07, 6.45) is 0.914. The Kier molecular flexibility index (Phi) is 5.95. The van der Waals surface area contributed by atoms with Gasteiger partial charge in [0.15, 0.2) is 6.10 Å². The number of rotatable bonds is 5. The summed E-state index contributed by atoms with van der Waals surface area (Å²) < 4.78 is 14.1. The van der Waals surface area contributed by atoms with Crippen molar-refractivity contribution < 1.29 is 14.3 Å². The molecule has 1 amide bonds. The van der Waals surface area contributed by atoms with E-state index in [-0.39, 0.29) is 23.3 Å². The van der Waals surface area contributed by atoms with Crippen molar-refractivity contribution in [2.24, 2.45) is 0 Å². The number of carbonyl (C=O) groups is 1. The maximum absolute atomic E-state index is 14.1. The largest absolute Gasteiger partial charge is 0.378 e. The summed E-state index contributed by atoms with van der Waals surface area (Å²) in [6.45, 7) is 2.15. The lowest BCUT2D eigenvalue weighted by atomic mass is 9.94. The van der Waals surface area contributed by atoms with Crippen molar-refractivity contribution in [2.75, 3.05) is 6.54 Å². The number of amides is 1. The van der Waals surface area contributed by atoms with Gasteiger partial charge in [-0.2, -0.15) is 0 Å². The Labute approximate surface area is 219 Å². The van der Waals surface area contributed by atoms with Crippen LogP contribution >= 0.6 is 0 Å². The normalized spacial score (nSPS) is 16.6. The van der Waals surface area contributed by atoms with E-state index >= 15 is 0 Å². The van der Waals surface area contributed by atoms with Crippen LogP contribution in [0.25, 0.3) is 11.1 Å². The zero-order valence-electron chi connectivity index (χ0n) is 21.1. The number of nitrogens with zero attached hydrogens (tertiary/aromatic N) is 2. The van der Waals surface area contributed by atoms with Gasteiger partial charge >= 0.3 is 0 Å². The first-order valence-corrected chi connectivity index (χ1v) is 12.9. The fraction of sp³-hybridized carbons (Fsp3) is 0.258. The predicted molar refractivity (Wildman–Crippen MR) is 142 cm³/mol. The third-order valence-corrected chi connectivity index (χ3v) is 7.85. The highest BCUT2D eigenvalue weighted by Gasteiger charge is 2.48. The van der Waals surface area contributed by atoms with E-state index in [4.69, 9.17) is 4.98 Å². The zero-order chi connectivity index (χ0) is 26.4. The van der Waals surface area contributed by atoms with Gasteiger partial charge in [0.05, 0.1) is 23.2 Å². The number of benzene rings is 3. The predicted octanol–water partition coefficient (Wildman–Crippen LogP) is 4.58. The van der Waals surface area contributed by atoms with Crippen LogP contribution in [0.15, 0.2) is 77.6 Å². The second-order valence-electron chi connectivity index (χ2n) is 10.3. The quantitative estimate of drug-likeness (QED) is 0.412. The Bertz CT molecular complexity index is 1590. The monoisotopic (exact) mass is 509 g/mol. The lowest BCUT2D eigenvalue weighted by Crippen LogP contribution is -2.42. The number of nitrogens with one attached hydrogen (secondary N) is 1. The van der Waals surface area contributed by atoms with Crippen LogP contribution in [0.2, 0.25) is 0 Å². The molecule has 2 N–H and O–H groups in total. The van der Waals surface area contributed by atoms with Crippen LogP contribution in [0.5, 0.6) is 0 Å². The van der Waals surface area contributed by atoms with Crippen molar-refractivity contribution in [3.05, 3.63) is 123 Å². The standard InChI is InChI=1S/C31H28FN3O3/c1-19-10-11-21(17-25(19)32)20-6-5-7-22(16-20)27(36)29(38)35-15-12-26-24(18-35)28(37)34-30(33-26)31(13-14-31)23-8-3-2-4-9-23/h2-11,16-17,27,36H,12-15,18H2,1H3,(H,33,34,37). The molecule has 0 radical (unpaired) electrons. The Morgan fingerprint density at radius 3 is 2.55 bits per heavy atom. The van der Waals surface area contributed by atoms with Crippen molar-refractivity contribution in [3.8, 4) is 11.1 Å². The first kappa shape index (κ1) is 24.2. The Balaban J connectivity index is 1.22. The summed E-state index contributed by atoms with van der Waals surface area (Å²) in [4.78, 5) is 35.7. The molecule has 1 aliphatic carbocycles. The number of aromatic nitrogens is 2. The van der Waals surface area contributed by atoms with E-state index in [0.29, 0.717) is 52.3 Å². The van der Waals surface area contributed by atoms with Gasteiger partial charge in [-0.25, -0.2) is 9.37 Å². The first-order valence-electron chi connectivity index (χ1n) is 12.9. The number of aliphatic hydroxyl groups excluding tert-OH is 1. The Morgan fingerprint density at radius 1 is 1.05 bits per heavy atom. The average Bonchev–Trinajstić information content (AvgIpc) is 3.76. The summed E-state index contributed by atoms with van der Waals surface area (Å²) in [5.74, 6) is -0.0965. The van der Waals surface area contributed by atoms with Crippen molar-refractivity contribution in [3.63, 3.8) is 0 Å². The molecule has 2 aliphatic rings. The number of hydrogen-bond acceptors (Lipinski definition) is 4. The number of carbonyl (C=O) groups excluding carboxylic acids is 1. The molecule has 0 spiro atoms. The fourth-order valence-corrected chi connectivity index (χ4v) is 5.36. The number of H-pyrrole nitrogens is 1. The third kappa shape index (κ3) is 4.23. The third-order valence-electron chi connectivity index (χ3n) is 7.85. The van der Waals surface area contributed by atoms with Crippen LogP contribution in [-0.4, -0.2) is 32.4 Å². The number of aromatic amines is 1. The molecule has 1 atom stereocenters. The molecule has 1 aliphatic heterocycles. The van der Waals surface area contributed by atoms with E-state index in [1.165, 1.54) is 11.0 Å². The fourth-order valence-electron chi connectivity index (χ4n) is 5.36. The maximum Gasteiger partial charge on any atom is 0.256 e. The van der Waals surface area contributed by atoms with Gasteiger partial charge in [0.1, 0.15) is 11.6 Å². The average molecular weight is 510 g/mol. The van der Waals surface area contributed by atoms with Crippen LogP contribution in [0.3, 0.4) is 0 Å². The van der Waals surface area contributed by atoms with Crippen LogP contribution in [0.4, 0.5) is 4.39 Å². The molecular formula is C31H28FN3O3. The molecule has 0 bridgehead atoms. The van der Waals surface area contributed by atoms with Gasteiger partial charge in [-0.05, 0) is 59.7 Å². The van der Waals surface area contributed by atoms with E-state index in [1.54, 1.807) is 31.2 Å². The summed E-state index contributed by atoms with van der Waals surface area (Å²) >= 11 is 0. The number of halogens is 1. The summed E-state index contributed by atoms with van der Waals surface area (Å²) in [5.41, 5.74) is 4.19. The van der Waals surface area contributed by atoms with Crippen LogP contribution < -0.4 is 5.56 Å². The van der Waals surface area contributed by atoms with E-state index < -0.39 is 12.0 Å². The van der Waals surface area contributed by atoms with Gasteiger partial charge < -0.3 is 15.0 Å². The maximum atomic E-state index is 14.1. The Morgan fingerprint density at radius 2 is 1.82 bits per heavy atom. The van der Waals surface area contributed by atoms with E-state index in [1.807, 2.05) is 30.3 Å². The number of fused-ring (bicyclic) bond motifs is 1. The molecule has 192 valence electrons. The van der Waals surface area contributed by atoms with Crippen LogP contribution in [0.1, 0.15) is 52.7 Å². The van der Waals surface area contributed by atoms with Gasteiger partial charge in [0, 0.05) is 13.0 Å². The highest BCUT2D eigenvalue weighted by molar-refractivity contribution is 5.83. The van der Waals surface area contributed by atoms with Crippen molar-refractivity contribution in [1.82, 2.24) is 14.9 Å². The van der Waals surface area contributed by atoms with E-state index in [2.05, 4.69) is 17.1 Å². The molecule has 3 aromatic carbocycles. The van der Waals surface area contributed by atoms with Gasteiger partial charge in [-0.1, -0.05) is 60.7 Å². The number of hydrogen-bond donors (Lipinski definition) is 2. The molecule has 6 rings (SSSR count). The SMILES string of the molecule is Cc1ccc(-c2cccc(C(O)C(=O)N3CCc4nc(C5(c6ccccc6)CC5)[nH]c(=O)c4C3)c2)cc1F. The first-order chi connectivity index (χ1) is 18.4. The lowest BCUT2D eigenvalue weighted by molar-refractivity contribution is -0.141. The summed E-state index contributed by atoms with van der Waals surface area (Å²) in [5, 5.41) is 10.9. The van der Waals surface area contributed by atoms with Crippen molar-refractivity contribution >= 4 is 5.91 Å². The molecular weight excluding hydrogens is 481 g/mol. The van der Waals surface area contributed by atoms with Gasteiger partial charge in [0.25, 0.3) is 11.5 Å². The highest BCUT2D eigenvalue weighted by Crippen LogP contribution is 2.52. The molecule has 2 heterocycles. The number of aliphatic hydroxyl groups is 1. The number of aryl methyl sites for hydroxylation is 1. The molecule has 1 unspecified atom stereocenters. The minimum absolute atomic E-state index is 0.0923. The molecule has 0 saturated heterocycles. The molecule has 6 nitrogen and oxygen atoms in total.